The number of nitrogens with one attached hydrogen (secondary N) is 2. The van der Waals surface area contributed by atoms with E-state index >= 15 is 0 Å². The molecule has 0 radical (unpaired) electrons. The lowest BCUT2D eigenvalue weighted by Gasteiger charge is -2.28. The lowest BCUT2D eigenvalue weighted by molar-refractivity contribution is -0.142. The monoisotopic (exact) mass is 384 g/mol. The van der Waals surface area contributed by atoms with Crippen molar-refractivity contribution in [3.8, 4) is 11.3 Å². The molecule has 0 saturated heterocycles. The fraction of sp³-hybridized carbons (Fsp3) is 0.476. The van der Waals surface area contributed by atoms with Crippen molar-refractivity contribution in [2.45, 2.75) is 44.6 Å². The van der Waals surface area contributed by atoms with E-state index < -0.39 is 5.97 Å². The summed E-state index contributed by atoms with van der Waals surface area (Å²) in [6.07, 6.45) is 4.38. The van der Waals surface area contributed by atoms with Gasteiger partial charge in [0.1, 0.15) is 0 Å². The number of aliphatic carboxylic acids is 1. The molecule has 28 heavy (non-hydrogen) atoms. The molecule has 7 heteroatoms. The van der Waals surface area contributed by atoms with Gasteiger partial charge in [0.05, 0.1) is 11.6 Å². The molecule has 7 nitrogen and oxygen atoms in total. The maximum Gasteiger partial charge on any atom is 0.317 e. The van der Waals surface area contributed by atoms with E-state index in [-0.39, 0.29) is 18.0 Å². The molecule has 1 aliphatic rings. The van der Waals surface area contributed by atoms with Crippen molar-refractivity contribution in [2.75, 3.05) is 13.6 Å². The van der Waals surface area contributed by atoms with E-state index in [2.05, 4.69) is 21.6 Å². The van der Waals surface area contributed by atoms with Crippen LogP contribution in [-0.2, 0) is 11.2 Å². The highest BCUT2D eigenvalue weighted by atomic mass is 16.4. The number of amides is 2. The number of H-pyrrole nitrogens is 1. The van der Waals surface area contributed by atoms with Gasteiger partial charge in [0.15, 0.2) is 0 Å². The zero-order chi connectivity index (χ0) is 19.9. The first-order valence-electron chi connectivity index (χ1n) is 9.87. The quantitative estimate of drug-likeness (QED) is 0.682. The highest BCUT2D eigenvalue weighted by Crippen LogP contribution is 2.24. The Morgan fingerprint density at radius 2 is 1.93 bits per heavy atom. The minimum atomic E-state index is -0.726. The van der Waals surface area contributed by atoms with Gasteiger partial charge in [-0.05, 0) is 44.6 Å². The molecular formula is C21H28N4O3. The zero-order valence-electron chi connectivity index (χ0n) is 16.2. The Morgan fingerprint density at radius 3 is 2.61 bits per heavy atom. The molecule has 0 aliphatic heterocycles. The maximum absolute atomic E-state index is 12.3. The Kier molecular flexibility index (Phi) is 6.68. The molecule has 0 bridgehead atoms. The third-order valence-corrected chi connectivity index (χ3v) is 5.39. The van der Waals surface area contributed by atoms with Gasteiger partial charge in [0, 0.05) is 30.9 Å². The van der Waals surface area contributed by atoms with Gasteiger partial charge in [0.25, 0.3) is 0 Å². The fourth-order valence-electron chi connectivity index (χ4n) is 3.62. The van der Waals surface area contributed by atoms with Crippen molar-refractivity contribution in [1.82, 2.24) is 20.4 Å². The van der Waals surface area contributed by atoms with Crippen LogP contribution in [0.1, 0.15) is 37.8 Å². The van der Waals surface area contributed by atoms with Crippen molar-refractivity contribution in [3.05, 3.63) is 42.1 Å². The van der Waals surface area contributed by atoms with Crippen LogP contribution in [0.15, 0.2) is 36.4 Å². The van der Waals surface area contributed by atoms with Crippen molar-refractivity contribution in [2.24, 2.45) is 5.92 Å². The Labute approximate surface area is 165 Å². The predicted molar refractivity (Wildman–Crippen MR) is 107 cm³/mol. The largest absolute Gasteiger partial charge is 0.481 e. The van der Waals surface area contributed by atoms with Gasteiger partial charge in [-0.1, -0.05) is 30.3 Å². The van der Waals surface area contributed by atoms with E-state index in [0.717, 1.165) is 42.6 Å². The molecule has 1 aliphatic carbocycles. The molecule has 1 heterocycles. The average molecular weight is 384 g/mol. The van der Waals surface area contributed by atoms with Gasteiger partial charge >= 0.3 is 12.0 Å². The van der Waals surface area contributed by atoms with Crippen molar-refractivity contribution in [3.63, 3.8) is 0 Å². The standard InChI is InChI=1S/C21H28N4O3/c1-25(21(28)22-17-11-9-16(10-12-17)20(26)27)13-5-8-18-14-19(24-23-18)15-6-3-2-4-7-15/h2-4,6-7,14,16-17H,5,8-13H2,1H3,(H,22,28)(H,23,24)(H,26,27). The topological polar surface area (TPSA) is 98.3 Å². The molecule has 2 amide bonds. The Morgan fingerprint density at radius 1 is 1.21 bits per heavy atom. The van der Waals surface area contributed by atoms with E-state index in [1.165, 1.54) is 0 Å². The Hall–Kier alpha value is -2.83. The Balaban J connectivity index is 1.38. The third-order valence-electron chi connectivity index (χ3n) is 5.39. The molecule has 1 saturated carbocycles. The molecule has 2 aromatic rings. The van der Waals surface area contributed by atoms with E-state index in [4.69, 9.17) is 5.11 Å². The lowest BCUT2D eigenvalue weighted by atomic mass is 9.86. The highest BCUT2D eigenvalue weighted by Gasteiger charge is 2.27. The van der Waals surface area contributed by atoms with Gasteiger partial charge in [-0.2, -0.15) is 5.10 Å². The number of urea groups is 1. The molecular weight excluding hydrogens is 356 g/mol. The molecule has 1 fully saturated rings. The first kappa shape index (κ1) is 19.9. The number of benzene rings is 1. The number of hydrogen-bond donors (Lipinski definition) is 3. The van der Waals surface area contributed by atoms with Crippen LogP contribution in [0, 0.1) is 5.92 Å². The van der Waals surface area contributed by atoms with Crippen LogP contribution in [0.4, 0.5) is 4.79 Å². The first-order chi connectivity index (χ1) is 13.5. The molecule has 0 spiro atoms. The number of nitrogens with zero attached hydrogens (tertiary/aromatic N) is 2. The minimum Gasteiger partial charge on any atom is -0.481 e. The number of hydrogen-bond acceptors (Lipinski definition) is 3. The molecule has 150 valence electrons. The van der Waals surface area contributed by atoms with Gasteiger partial charge in [-0.15, -0.1) is 0 Å². The predicted octanol–water partition coefficient (Wildman–Crippen LogP) is 3.29. The van der Waals surface area contributed by atoms with Crippen molar-refractivity contribution >= 4 is 12.0 Å². The summed E-state index contributed by atoms with van der Waals surface area (Å²) in [6.45, 7) is 0.649. The smallest absolute Gasteiger partial charge is 0.317 e. The van der Waals surface area contributed by atoms with Gasteiger partial charge in [-0.25, -0.2) is 4.79 Å². The number of rotatable bonds is 7. The number of carboxylic acid groups (broad SMARTS) is 1. The van der Waals surface area contributed by atoms with Crippen LogP contribution >= 0.6 is 0 Å². The molecule has 1 aromatic heterocycles. The SMILES string of the molecule is CN(CCCc1cc(-c2ccccc2)n[nH]1)C(=O)NC1CCC(C(=O)O)CC1. The maximum atomic E-state index is 12.3. The van der Waals surface area contributed by atoms with Crippen LogP contribution < -0.4 is 5.32 Å². The number of aromatic amines is 1. The van der Waals surface area contributed by atoms with E-state index in [9.17, 15) is 9.59 Å². The first-order valence-corrected chi connectivity index (χ1v) is 9.87. The number of carbonyl (C=O) groups excluding carboxylic acids is 1. The van der Waals surface area contributed by atoms with Crippen molar-refractivity contribution < 1.29 is 14.7 Å². The summed E-state index contributed by atoms with van der Waals surface area (Å²) in [5.74, 6) is -0.989. The zero-order valence-corrected chi connectivity index (χ0v) is 16.2. The van der Waals surface area contributed by atoms with Crippen LogP contribution in [0.5, 0.6) is 0 Å². The van der Waals surface area contributed by atoms with Gasteiger partial charge in [0.2, 0.25) is 0 Å². The number of carboxylic acids is 1. The summed E-state index contributed by atoms with van der Waals surface area (Å²) in [5.41, 5.74) is 3.07. The van der Waals surface area contributed by atoms with Gasteiger partial charge in [-0.3, -0.25) is 9.89 Å². The summed E-state index contributed by atoms with van der Waals surface area (Å²) in [5, 5.41) is 19.5. The summed E-state index contributed by atoms with van der Waals surface area (Å²) >= 11 is 0. The van der Waals surface area contributed by atoms with Crippen LogP contribution in [0.2, 0.25) is 0 Å². The summed E-state index contributed by atoms with van der Waals surface area (Å²) < 4.78 is 0. The number of aromatic nitrogens is 2. The summed E-state index contributed by atoms with van der Waals surface area (Å²) in [7, 11) is 1.79. The van der Waals surface area contributed by atoms with E-state index in [1.807, 2.05) is 30.3 Å². The highest BCUT2D eigenvalue weighted by molar-refractivity contribution is 5.74. The lowest BCUT2D eigenvalue weighted by Crippen LogP contribution is -2.45. The van der Waals surface area contributed by atoms with Gasteiger partial charge < -0.3 is 15.3 Å². The normalized spacial score (nSPS) is 19.2. The molecule has 0 atom stereocenters. The number of carbonyl (C=O) groups is 2. The second-order valence-electron chi connectivity index (χ2n) is 7.51. The van der Waals surface area contributed by atoms with Crippen molar-refractivity contribution in [1.29, 1.82) is 0 Å². The second-order valence-corrected chi connectivity index (χ2v) is 7.51. The summed E-state index contributed by atoms with van der Waals surface area (Å²) in [4.78, 5) is 25.0. The van der Waals surface area contributed by atoms with E-state index in [0.29, 0.717) is 19.4 Å². The number of aryl methyl sites for hydroxylation is 1. The Bertz CT molecular complexity index is 782. The summed E-state index contributed by atoms with van der Waals surface area (Å²) in [6, 6.07) is 12.1. The van der Waals surface area contributed by atoms with Crippen LogP contribution in [0.3, 0.4) is 0 Å². The van der Waals surface area contributed by atoms with Crippen LogP contribution in [-0.4, -0.2) is 51.8 Å². The average Bonchev–Trinajstić information content (AvgIpc) is 3.18. The fourth-order valence-corrected chi connectivity index (χ4v) is 3.62. The van der Waals surface area contributed by atoms with E-state index in [1.54, 1.807) is 11.9 Å². The minimum absolute atomic E-state index is 0.0755. The molecule has 3 rings (SSSR count). The second kappa shape index (κ2) is 9.39. The van der Waals surface area contributed by atoms with Crippen LogP contribution in [0.25, 0.3) is 11.3 Å². The molecule has 3 N–H and O–H groups in total. The molecule has 1 aromatic carbocycles. The molecule has 0 unspecified atom stereocenters. The third kappa shape index (κ3) is 5.34.